The molecule has 0 bridgehead atoms. The number of carbonyl (C=O) groups is 1. The monoisotopic (exact) mass is 290 g/mol. The molecule has 21 heavy (non-hydrogen) atoms. The molecule has 2 rings (SSSR count). The van der Waals surface area contributed by atoms with Gasteiger partial charge in [-0.15, -0.1) is 0 Å². The molecule has 1 unspecified atom stereocenters. The summed E-state index contributed by atoms with van der Waals surface area (Å²) in [7, 11) is 0. The number of esters is 1. The molecule has 0 aliphatic carbocycles. The minimum absolute atomic E-state index is 0.0807. The minimum Gasteiger partial charge on any atom is -0.466 e. The van der Waals surface area contributed by atoms with Gasteiger partial charge in [-0.2, -0.15) is 0 Å². The van der Waals surface area contributed by atoms with Crippen LogP contribution in [0.3, 0.4) is 0 Å². The van der Waals surface area contributed by atoms with Crippen LogP contribution < -0.4 is 10.6 Å². The average Bonchev–Trinajstić information content (AvgIpc) is 2.47. The van der Waals surface area contributed by atoms with E-state index < -0.39 is 0 Å². The molecule has 2 N–H and O–H groups in total. The van der Waals surface area contributed by atoms with Gasteiger partial charge in [-0.05, 0) is 37.8 Å². The first-order valence-electron chi connectivity index (χ1n) is 7.94. The van der Waals surface area contributed by atoms with E-state index in [1.807, 2.05) is 6.92 Å². The Hall–Kier alpha value is -1.55. The van der Waals surface area contributed by atoms with Gasteiger partial charge in [-0.3, -0.25) is 4.79 Å². The topological polar surface area (TPSA) is 55.6 Å². The predicted octanol–water partition coefficient (Wildman–Crippen LogP) is 2.50. The Bertz CT molecular complexity index is 462. The van der Waals surface area contributed by atoms with Gasteiger partial charge in [0.05, 0.1) is 6.61 Å². The van der Waals surface area contributed by atoms with Crippen molar-refractivity contribution in [3.63, 3.8) is 0 Å². The van der Waals surface area contributed by atoms with Crippen LogP contribution in [0.25, 0.3) is 0 Å². The number of ether oxygens (including phenoxy) is 1. The lowest BCUT2D eigenvalue weighted by molar-refractivity contribution is -0.143. The number of nitrogens with zero attached hydrogens (tertiary/aromatic N) is 1. The summed E-state index contributed by atoms with van der Waals surface area (Å²) < 4.78 is 4.93. The van der Waals surface area contributed by atoms with Crippen LogP contribution in [-0.2, 0) is 16.0 Å². The first kappa shape index (κ1) is 15.8. The molecule has 0 spiro atoms. The molecule has 1 aromatic rings. The highest BCUT2D eigenvalue weighted by Crippen LogP contribution is 2.26. The van der Waals surface area contributed by atoms with E-state index in [1.165, 1.54) is 11.3 Å². The molecule has 1 aliphatic heterocycles. The fourth-order valence-corrected chi connectivity index (χ4v) is 2.91. The van der Waals surface area contributed by atoms with Crippen LogP contribution in [0.15, 0.2) is 24.3 Å². The molecular weight excluding hydrogens is 264 g/mol. The summed E-state index contributed by atoms with van der Waals surface area (Å²) in [6, 6.07) is 8.74. The minimum atomic E-state index is -0.0807. The van der Waals surface area contributed by atoms with Crippen LogP contribution in [0.1, 0.15) is 38.2 Å². The second-order valence-electron chi connectivity index (χ2n) is 5.65. The van der Waals surface area contributed by atoms with Crippen LogP contribution in [0.2, 0.25) is 0 Å². The van der Waals surface area contributed by atoms with Gasteiger partial charge in [0.15, 0.2) is 0 Å². The number of hydrogen-bond donors (Lipinski definition) is 1. The summed E-state index contributed by atoms with van der Waals surface area (Å²) >= 11 is 0. The fourth-order valence-electron chi connectivity index (χ4n) is 2.91. The van der Waals surface area contributed by atoms with Crippen LogP contribution in [0, 0.1) is 0 Å². The molecule has 0 radical (unpaired) electrons. The van der Waals surface area contributed by atoms with Crippen LogP contribution in [0.4, 0.5) is 5.69 Å². The molecular formula is C17H26N2O2. The third-order valence-corrected chi connectivity index (χ3v) is 3.88. The standard InChI is InChI=1S/C17H26N2O2/c1-2-21-17(20)10-4-3-7-11-19-13-15(18)12-14-8-5-6-9-16(14)19/h5-6,8-9,15H,2-4,7,10-13,18H2,1H3. The summed E-state index contributed by atoms with van der Waals surface area (Å²) in [5.41, 5.74) is 8.81. The van der Waals surface area contributed by atoms with E-state index in [9.17, 15) is 4.79 Å². The van der Waals surface area contributed by atoms with E-state index in [2.05, 4.69) is 29.2 Å². The predicted molar refractivity (Wildman–Crippen MR) is 85.4 cm³/mol. The Labute approximate surface area is 127 Å². The van der Waals surface area contributed by atoms with Crippen molar-refractivity contribution in [1.82, 2.24) is 0 Å². The zero-order chi connectivity index (χ0) is 15.1. The van der Waals surface area contributed by atoms with E-state index in [1.54, 1.807) is 0 Å². The van der Waals surface area contributed by atoms with Crippen molar-refractivity contribution in [3.05, 3.63) is 29.8 Å². The summed E-state index contributed by atoms with van der Waals surface area (Å²) in [5.74, 6) is -0.0807. The molecule has 0 saturated carbocycles. The highest BCUT2D eigenvalue weighted by atomic mass is 16.5. The summed E-state index contributed by atoms with van der Waals surface area (Å²) in [6.45, 7) is 4.25. The van der Waals surface area contributed by atoms with Crippen molar-refractivity contribution in [3.8, 4) is 0 Å². The smallest absolute Gasteiger partial charge is 0.305 e. The molecule has 1 aromatic carbocycles. The Morgan fingerprint density at radius 1 is 1.33 bits per heavy atom. The van der Waals surface area contributed by atoms with E-state index in [4.69, 9.17) is 10.5 Å². The zero-order valence-electron chi connectivity index (χ0n) is 12.9. The third kappa shape index (κ3) is 4.74. The Morgan fingerprint density at radius 3 is 2.95 bits per heavy atom. The van der Waals surface area contributed by atoms with Gasteiger partial charge in [-0.25, -0.2) is 0 Å². The van der Waals surface area contributed by atoms with E-state index in [0.717, 1.165) is 38.8 Å². The second kappa shape index (κ2) is 8.03. The van der Waals surface area contributed by atoms with E-state index >= 15 is 0 Å². The summed E-state index contributed by atoms with van der Waals surface area (Å²) in [5, 5.41) is 0. The lowest BCUT2D eigenvalue weighted by atomic mass is 9.98. The van der Waals surface area contributed by atoms with Gasteiger partial charge in [-0.1, -0.05) is 24.6 Å². The third-order valence-electron chi connectivity index (χ3n) is 3.88. The molecule has 0 aromatic heterocycles. The fraction of sp³-hybridized carbons (Fsp3) is 0.588. The first-order valence-corrected chi connectivity index (χ1v) is 7.94. The quantitative estimate of drug-likeness (QED) is 0.619. The number of para-hydroxylation sites is 1. The van der Waals surface area contributed by atoms with Crippen molar-refractivity contribution < 1.29 is 9.53 Å². The lowest BCUT2D eigenvalue weighted by Crippen LogP contribution is -2.43. The van der Waals surface area contributed by atoms with Gasteiger partial charge in [0.1, 0.15) is 0 Å². The average molecular weight is 290 g/mol. The number of rotatable bonds is 7. The van der Waals surface area contributed by atoms with Crippen LogP contribution >= 0.6 is 0 Å². The highest BCUT2D eigenvalue weighted by molar-refractivity contribution is 5.69. The molecule has 1 aliphatic rings. The Kier molecular flexibility index (Phi) is 6.05. The maximum Gasteiger partial charge on any atom is 0.305 e. The SMILES string of the molecule is CCOC(=O)CCCCCN1CC(N)Cc2ccccc21. The van der Waals surface area contributed by atoms with Crippen LogP contribution in [0.5, 0.6) is 0 Å². The van der Waals surface area contributed by atoms with Gasteiger partial charge in [0.2, 0.25) is 0 Å². The largest absolute Gasteiger partial charge is 0.466 e. The lowest BCUT2D eigenvalue weighted by Gasteiger charge is -2.34. The van der Waals surface area contributed by atoms with E-state index in [0.29, 0.717) is 13.0 Å². The summed E-state index contributed by atoms with van der Waals surface area (Å²) in [6.07, 6.45) is 4.53. The van der Waals surface area contributed by atoms with Crippen molar-refractivity contribution in [2.45, 2.75) is 45.1 Å². The Morgan fingerprint density at radius 2 is 2.14 bits per heavy atom. The molecule has 4 heteroatoms. The number of unbranched alkanes of at least 4 members (excludes halogenated alkanes) is 2. The number of benzene rings is 1. The van der Waals surface area contributed by atoms with Gasteiger partial charge < -0.3 is 15.4 Å². The second-order valence-corrected chi connectivity index (χ2v) is 5.65. The maximum atomic E-state index is 11.3. The molecule has 0 fully saturated rings. The normalized spacial score (nSPS) is 17.4. The number of anilines is 1. The van der Waals surface area contributed by atoms with Crippen molar-refractivity contribution in [2.75, 3.05) is 24.6 Å². The zero-order valence-corrected chi connectivity index (χ0v) is 12.9. The molecule has 4 nitrogen and oxygen atoms in total. The molecule has 0 amide bonds. The van der Waals surface area contributed by atoms with Crippen LogP contribution in [-0.4, -0.2) is 31.7 Å². The van der Waals surface area contributed by atoms with Crippen molar-refractivity contribution >= 4 is 11.7 Å². The molecule has 1 heterocycles. The number of hydrogen-bond acceptors (Lipinski definition) is 4. The van der Waals surface area contributed by atoms with Crippen molar-refractivity contribution in [1.29, 1.82) is 0 Å². The number of nitrogens with two attached hydrogens (primary N) is 1. The first-order chi connectivity index (χ1) is 10.2. The van der Waals surface area contributed by atoms with Gasteiger partial charge >= 0.3 is 5.97 Å². The molecule has 0 saturated heterocycles. The van der Waals surface area contributed by atoms with Gasteiger partial charge in [0, 0.05) is 31.2 Å². The number of fused-ring (bicyclic) bond motifs is 1. The van der Waals surface area contributed by atoms with Crippen molar-refractivity contribution in [2.24, 2.45) is 5.73 Å². The molecule has 116 valence electrons. The highest BCUT2D eigenvalue weighted by Gasteiger charge is 2.20. The van der Waals surface area contributed by atoms with Gasteiger partial charge in [0.25, 0.3) is 0 Å². The number of carbonyl (C=O) groups excluding carboxylic acids is 1. The summed E-state index contributed by atoms with van der Waals surface area (Å²) in [4.78, 5) is 13.6. The van der Waals surface area contributed by atoms with E-state index in [-0.39, 0.29) is 12.0 Å². The molecule has 1 atom stereocenters. The Balaban J connectivity index is 1.75. The maximum absolute atomic E-state index is 11.3.